The first kappa shape index (κ1) is 21.3. The van der Waals surface area contributed by atoms with Gasteiger partial charge in [-0.2, -0.15) is 0 Å². The second kappa shape index (κ2) is 9.44. The van der Waals surface area contributed by atoms with E-state index in [9.17, 15) is 0 Å². The van der Waals surface area contributed by atoms with Gasteiger partial charge in [0.15, 0.2) is 0 Å². The third-order valence-electron chi connectivity index (χ3n) is 5.04. The monoisotopic (exact) mass is 448 g/mol. The fourth-order valence-corrected chi connectivity index (χ4v) is 3.81. The van der Waals surface area contributed by atoms with Crippen LogP contribution in [0.1, 0.15) is 34.5 Å². The van der Waals surface area contributed by atoms with Crippen LogP contribution in [0.5, 0.6) is 0 Å². The molecule has 0 bridgehead atoms. The highest BCUT2D eigenvalue weighted by Crippen LogP contribution is 2.37. The number of hydrogen-bond acceptors (Lipinski definition) is 3. The molecule has 0 radical (unpaired) electrons. The zero-order valence-corrected chi connectivity index (χ0v) is 18.2. The molecule has 4 aromatic rings. The number of nitrogen functional groups attached to an aromatic ring is 2. The van der Waals surface area contributed by atoms with E-state index in [0.717, 1.165) is 22.3 Å². The van der Waals surface area contributed by atoms with Crippen LogP contribution < -0.4 is 11.5 Å². The van der Waals surface area contributed by atoms with Crippen LogP contribution in [0.2, 0.25) is 10.0 Å². The SMILES string of the molecule is Nc1cccc(C(OC(c2ccc(Cl)cc2)c2cccc(N)c2)c2ccc(Cl)cc2)c1. The van der Waals surface area contributed by atoms with Crippen LogP contribution in [0.25, 0.3) is 0 Å². The van der Waals surface area contributed by atoms with E-state index in [1.54, 1.807) is 0 Å². The quantitative estimate of drug-likeness (QED) is 0.310. The minimum Gasteiger partial charge on any atom is -0.399 e. The molecule has 0 saturated heterocycles. The third-order valence-corrected chi connectivity index (χ3v) is 5.55. The van der Waals surface area contributed by atoms with Crippen molar-refractivity contribution in [3.05, 3.63) is 129 Å². The lowest BCUT2D eigenvalue weighted by Gasteiger charge is -2.27. The smallest absolute Gasteiger partial charge is 0.109 e. The Labute approximate surface area is 192 Å². The average molecular weight is 449 g/mol. The molecule has 3 nitrogen and oxygen atoms in total. The summed E-state index contributed by atoms with van der Waals surface area (Å²) >= 11 is 12.3. The van der Waals surface area contributed by atoms with Gasteiger partial charge >= 0.3 is 0 Å². The van der Waals surface area contributed by atoms with Crippen molar-refractivity contribution in [3.63, 3.8) is 0 Å². The van der Waals surface area contributed by atoms with Crippen LogP contribution in [-0.2, 0) is 4.74 Å². The van der Waals surface area contributed by atoms with E-state index in [1.807, 2.05) is 97.1 Å². The number of nitrogens with two attached hydrogens (primary N) is 2. The van der Waals surface area contributed by atoms with Gasteiger partial charge in [-0.15, -0.1) is 0 Å². The number of halogens is 2. The molecule has 0 amide bonds. The Morgan fingerprint density at radius 1 is 0.516 bits per heavy atom. The molecule has 0 aliphatic heterocycles. The molecule has 0 fully saturated rings. The van der Waals surface area contributed by atoms with Crippen molar-refractivity contribution in [3.8, 4) is 0 Å². The molecule has 0 aliphatic carbocycles. The first-order valence-electron chi connectivity index (χ1n) is 9.87. The Morgan fingerprint density at radius 3 is 1.26 bits per heavy atom. The third kappa shape index (κ3) is 5.20. The van der Waals surface area contributed by atoms with E-state index in [0.29, 0.717) is 21.4 Å². The molecule has 0 aromatic heterocycles. The maximum atomic E-state index is 6.79. The van der Waals surface area contributed by atoms with Crippen LogP contribution in [0.4, 0.5) is 11.4 Å². The minimum absolute atomic E-state index is 0.372. The topological polar surface area (TPSA) is 61.3 Å². The zero-order valence-electron chi connectivity index (χ0n) is 16.7. The van der Waals surface area contributed by atoms with Crippen molar-refractivity contribution in [1.82, 2.24) is 0 Å². The van der Waals surface area contributed by atoms with Crippen LogP contribution in [0, 0.1) is 0 Å². The number of anilines is 2. The van der Waals surface area contributed by atoms with Gasteiger partial charge in [-0.05, 0) is 70.8 Å². The van der Waals surface area contributed by atoms with Gasteiger partial charge in [-0.1, -0.05) is 71.7 Å². The molecule has 0 saturated carbocycles. The van der Waals surface area contributed by atoms with Gasteiger partial charge in [0.25, 0.3) is 0 Å². The molecule has 2 unspecified atom stereocenters. The van der Waals surface area contributed by atoms with E-state index in [-0.39, 0.29) is 12.2 Å². The summed E-state index contributed by atoms with van der Waals surface area (Å²) in [6.45, 7) is 0. The van der Waals surface area contributed by atoms with Crippen molar-refractivity contribution in [1.29, 1.82) is 0 Å². The summed E-state index contributed by atoms with van der Waals surface area (Å²) in [7, 11) is 0. The number of ether oxygens (including phenoxy) is 1. The summed E-state index contributed by atoms with van der Waals surface area (Å²) in [6.07, 6.45) is -0.745. The number of benzene rings is 4. The highest BCUT2D eigenvalue weighted by atomic mass is 35.5. The maximum absolute atomic E-state index is 6.79. The zero-order chi connectivity index (χ0) is 21.8. The van der Waals surface area contributed by atoms with E-state index < -0.39 is 0 Å². The summed E-state index contributed by atoms with van der Waals surface area (Å²) in [5.41, 5.74) is 17.3. The van der Waals surface area contributed by atoms with Gasteiger partial charge in [0.2, 0.25) is 0 Å². The van der Waals surface area contributed by atoms with Crippen molar-refractivity contribution in [2.45, 2.75) is 12.2 Å². The Morgan fingerprint density at radius 2 is 0.903 bits per heavy atom. The number of hydrogen-bond donors (Lipinski definition) is 2. The lowest BCUT2D eigenvalue weighted by Crippen LogP contribution is -2.14. The van der Waals surface area contributed by atoms with E-state index in [1.165, 1.54) is 0 Å². The van der Waals surface area contributed by atoms with Crippen molar-refractivity contribution in [2.24, 2.45) is 0 Å². The first-order valence-corrected chi connectivity index (χ1v) is 10.6. The van der Waals surface area contributed by atoms with Gasteiger partial charge in [0, 0.05) is 21.4 Å². The highest BCUT2D eigenvalue weighted by molar-refractivity contribution is 6.30. The lowest BCUT2D eigenvalue weighted by atomic mass is 9.97. The summed E-state index contributed by atoms with van der Waals surface area (Å²) in [4.78, 5) is 0. The molecule has 2 atom stereocenters. The second-order valence-corrected chi connectivity index (χ2v) is 8.21. The molecule has 4 N–H and O–H groups in total. The molecule has 156 valence electrons. The Balaban J connectivity index is 1.81. The van der Waals surface area contributed by atoms with Gasteiger partial charge in [0.05, 0.1) is 0 Å². The van der Waals surface area contributed by atoms with Crippen LogP contribution in [0.3, 0.4) is 0 Å². The predicted octanol–water partition coefficient (Wildman–Crippen LogP) is 7.05. The minimum atomic E-state index is -0.372. The Kier molecular flexibility index (Phi) is 6.47. The fourth-order valence-electron chi connectivity index (χ4n) is 3.55. The fraction of sp³-hybridized carbons (Fsp3) is 0.0769. The Hall–Kier alpha value is -2.98. The van der Waals surface area contributed by atoms with E-state index >= 15 is 0 Å². The standard InChI is InChI=1S/C26H22Cl2N2O/c27-21-11-7-17(8-12-21)25(19-3-1-5-23(29)15-19)31-26(18-9-13-22(28)14-10-18)20-4-2-6-24(30)16-20/h1-16,25-26H,29-30H2. The molecule has 31 heavy (non-hydrogen) atoms. The summed E-state index contributed by atoms with van der Waals surface area (Å²) in [5, 5.41) is 1.33. The van der Waals surface area contributed by atoms with Gasteiger partial charge in [-0.25, -0.2) is 0 Å². The lowest BCUT2D eigenvalue weighted by molar-refractivity contribution is 0.0309. The molecule has 0 spiro atoms. The summed E-state index contributed by atoms with van der Waals surface area (Å²) in [6, 6.07) is 30.7. The maximum Gasteiger partial charge on any atom is 0.109 e. The van der Waals surface area contributed by atoms with Gasteiger partial charge in [0.1, 0.15) is 12.2 Å². The summed E-state index contributed by atoms with van der Waals surface area (Å²) < 4.78 is 6.79. The molecular weight excluding hydrogens is 427 g/mol. The first-order chi connectivity index (χ1) is 15.0. The van der Waals surface area contributed by atoms with Crippen LogP contribution in [-0.4, -0.2) is 0 Å². The Bertz CT molecular complexity index is 1070. The largest absolute Gasteiger partial charge is 0.399 e. The average Bonchev–Trinajstić information content (AvgIpc) is 2.76. The van der Waals surface area contributed by atoms with Gasteiger partial charge in [-0.3, -0.25) is 0 Å². The highest BCUT2D eigenvalue weighted by Gasteiger charge is 2.24. The summed E-state index contributed by atoms with van der Waals surface area (Å²) in [5.74, 6) is 0. The molecule has 0 heterocycles. The normalized spacial score (nSPS) is 13.0. The molecule has 4 rings (SSSR count). The van der Waals surface area contributed by atoms with Crippen molar-refractivity contribution < 1.29 is 4.74 Å². The molecule has 5 heteroatoms. The van der Waals surface area contributed by atoms with Crippen molar-refractivity contribution >= 4 is 34.6 Å². The molecular formula is C26H22Cl2N2O. The second-order valence-electron chi connectivity index (χ2n) is 7.34. The molecule has 0 aliphatic rings. The number of rotatable bonds is 6. The van der Waals surface area contributed by atoms with Gasteiger partial charge < -0.3 is 16.2 Å². The van der Waals surface area contributed by atoms with E-state index in [4.69, 9.17) is 39.4 Å². The van der Waals surface area contributed by atoms with Crippen LogP contribution >= 0.6 is 23.2 Å². The van der Waals surface area contributed by atoms with E-state index in [2.05, 4.69) is 0 Å². The van der Waals surface area contributed by atoms with Crippen LogP contribution in [0.15, 0.2) is 97.1 Å². The van der Waals surface area contributed by atoms with Crippen molar-refractivity contribution in [2.75, 3.05) is 11.5 Å². The molecule has 4 aromatic carbocycles. The predicted molar refractivity (Wildman–Crippen MR) is 129 cm³/mol.